The maximum Gasteiger partial charge on any atom is 0.410 e. The lowest BCUT2D eigenvalue weighted by Crippen LogP contribution is -2.70. The molecule has 2 aliphatic carbocycles. The van der Waals surface area contributed by atoms with Crippen molar-refractivity contribution >= 4 is 11.8 Å². The van der Waals surface area contributed by atoms with Gasteiger partial charge in [0.25, 0.3) is 0 Å². The highest BCUT2D eigenvalue weighted by Gasteiger charge is 2.66. The number of hydrogen-bond donors (Lipinski definition) is 2. The number of allylic oxidation sites excluding steroid dienone is 1. The Morgan fingerprint density at radius 2 is 1.67 bits per heavy atom. The van der Waals surface area contributed by atoms with Crippen molar-refractivity contribution in [2.24, 2.45) is 22.9 Å². The van der Waals surface area contributed by atoms with Crippen LogP contribution in [0.3, 0.4) is 0 Å². The van der Waals surface area contributed by atoms with E-state index < -0.39 is 30.1 Å². The molecule has 12 nitrogen and oxygen atoms in total. The highest BCUT2D eigenvalue weighted by atomic mass is 19.1. The summed E-state index contributed by atoms with van der Waals surface area (Å²) in [5.41, 5.74) is 3.36. The largest absolute Gasteiger partial charge is 0.492 e. The van der Waals surface area contributed by atoms with Gasteiger partial charge in [0, 0.05) is 63.7 Å². The van der Waals surface area contributed by atoms with E-state index in [1.165, 1.54) is 57.1 Å². The maximum atomic E-state index is 15.0. The second kappa shape index (κ2) is 27.6. The Morgan fingerprint density at radius 1 is 0.928 bits per heavy atom. The van der Waals surface area contributed by atoms with Gasteiger partial charge in [-0.1, -0.05) is 107 Å². The number of aliphatic hydroxyl groups is 2. The molecule has 7 unspecified atom stereocenters. The summed E-state index contributed by atoms with van der Waals surface area (Å²) < 4.78 is 47.9. The van der Waals surface area contributed by atoms with Crippen LogP contribution >= 0.6 is 0 Å². The van der Waals surface area contributed by atoms with Gasteiger partial charge in [-0.3, -0.25) is 9.80 Å². The number of nitrogens with zero attached hydrogens (tertiary/aromatic N) is 3. The van der Waals surface area contributed by atoms with Gasteiger partial charge in [0.15, 0.2) is 0 Å². The molecule has 0 bridgehead atoms. The Bertz CT molecular complexity index is 1940. The SMILES string of the molecule is C=CCOC12Oc3ccc(OCCN4CC4)cc3C3C(CCCCO)C(CCCCO)C=C(C(=NOC4CCCCO4)CC1N(Cc1ccc(F)cc1)C(=O)OCCCCCCCCCCCC)C32. The zero-order chi connectivity index (χ0) is 48.3. The maximum absolute atomic E-state index is 15.0. The summed E-state index contributed by atoms with van der Waals surface area (Å²) in [6.07, 6.45) is 22.2. The van der Waals surface area contributed by atoms with E-state index in [2.05, 4.69) is 30.5 Å². The Labute approximate surface area is 411 Å². The van der Waals surface area contributed by atoms with E-state index in [0.29, 0.717) is 43.9 Å². The van der Waals surface area contributed by atoms with Crippen LogP contribution in [-0.4, -0.2) is 109 Å². The minimum Gasteiger partial charge on any atom is -0.492 e. The summed E-state index contributed by atoms with van der Waals surface area (Å²) >= 11 is 0. The molecule has 2 aromatic carbocycles. The Kier molecular flexibility index (Phi) is 21.1. The minimum absolute atomic E-state index is 0.0580. The molecule has 1 amide bonds. The van der Waals surface area contributed by atoms with E-state index in [9.17, 15) is 14.6 Å². The van der Waals surface area contributed by atoms with Crippen molar-refractivity contribution in [3.05, 3.63) is 83.7 Å². The Morgan fingerprint density at radius 3 is 2.36 bits per heavy atom. The number of unbranched alkanes of at least 4 members (excludes halogenated alkanes) is 11. The molecular formula is C56H82FN3O9. The number of fused-ring (bicyclic) bond motifs is 2. The molecule has 2 saturated heterocycles. The van der Waals surface area contributed by atoms with Crippen molar-refractivity contribution in [2.75, 3.05) is 59.3 Å². The first-order chi connectivity index (χ1) is 33.9. The number of oxime groups is 1. The van der Waals surface area contributed by atoms with Gasteiger partial charge in [-0.15, -0.1) is 6.58 Å². The van der Waals surface area contributed by atoms with Crippen molar-refractivity contribution in [2.45, 2.75) is 166 Å². The summed E-state index contributed by atoms with van der Waals surface area (Å²) in [4.78, 5) is 25.4. The fourth-order valence-electron chi connectivity index (χ4n) is 11.2. The third kappa shape index (κ3) is 14.6. The number of ether oxygens (including phenoxy) is 5. The van der Waals surface area contributed by atoms with Gasteiger partial charge in [0.2, 0.25) is 12.1 Å². The van der Waals surface area contributed by atoms with Crippen LogP contribution in [0.1, 0.15) is 152 Å². The van der Waals surface area contributed by atoms with Crippen molar-refractivity contribution in [1.82, 2.24) is 9.80 Å². The van der Waals surface area contributed by atoms with Crippen LogP contribution < -0.4 is 9.47 Å². The van der Waals surface area contributed by atoms with E-state index in [1.807, 2.05) is 12.1 Å². The minimum atomic E-state index is -1.47. The molecule has 5 aliphatic rings. The first-order valence-corrected chi connectivity index (χ1v) is 26.8. The first kappa shape index (κ1) is 52.8. The molecule has 2 aromatic rings. The van der Waals surface area contributed by atoms with Gasteiger partial charge in [-0.05, 0) is 98.2 Å². The van der Waals surface area contributed by atoms with Crippen LogP contribution in [0.2, 0.25) is 0 Å². The smallest absolute Gasteiger partial charge is 0.410 e. The molecule has 3 aliphatic heterocycles. The van der Waals surface area contributed by atoms with E-state index in [1.54, 1.807) is 23.1 Å². The zero-order valence-electron chi connectivity index (χ0n) is 41.6. The standard InChI is InChI=1S/C56H82FN3O9/c1-3-5-6-7-8-9-10-11-12-18-36-66-55(63)60(41-42-23-25-44(57)26-24-42)51-40-49(58-69-52-22-15-19-35-65-52)47-38-43(20-13-16-32-61)46(21-14-17-33-62)53-48-39-45(64-37-31-59-29-30-59)27-28-50(48)68-56(51,54(47)53)67-34-4-2/h4,23-28,38-39,43,46,51-54,61-62H,2-3,5-22,29-37,40-41H2,1H3. The summed E-state index contributed by atoms with van der Waals surface area (Å²) in [5.74, 6) is -0.993. The van der Waals surface area contributed by atoms with Crippen molar-refractivity contribution in [3.8, 4) is 11.5 Å². The quantitative estimate of drug-likeness (QED) is 0.0326. The topological polar surface area (TPSA) is 132 Å². The molecule has 69 heavy (non-hydrogen) atoms. The highest BCUT2D eigenvalue weighted by Crippen LogP contribution is 2.62. The molecule has 1 saturated carbocycles. The predicted molar refractivity (Wildman–Crippen MR) is 267 cm³/mol. The van der Waals surface area contributed by atoms with Crippen LogP contribution in [0.5, 0.6) is 11.5 Å². The van der Waals surface area contributed by atoms with Crippen molar-refractivity contribution in [3.63, 3.8) is 0 Å². The lowest BCUT2D eigenvalue weighted by molar-refractivity contribution is -0.256. The van der Waals surface area contributed by atoms with Crippen molar-refractivity contribution in [1.29, 1.82) is 0 Å². The van der Waals surface area contributed by atoms with E-state index in [-0.39, 0.29) is 63.0 Å². The van der Waals surface area contributed by atoms with Gasteiger partial charge in [-0.2, -0.15) is 0 Å². The Hall–Kier alpha value is -4.01. The van der Waals surface area contributed by atoms with Gasteiger partial charge < -0.3 is 38.7 Å². The number of hydrogen-bond acceptors (Lipinski definition) is 11. The zero-order valence-corrected chi connectivity index (χ0v) is 41.6. The third-order valence-corrected chi connectivity index (χ3v) is 14.9. The normalized spacial score (nSPS) is 25.5. The molecule has 7 atom stereocenters. The number of aliphatic hydroxyl groups excluding tert-OH is 2. The molecule has 0 spiro atoms. The van der Waals surface area contributed by atoms with Crippen LogP contribution in [0.15, 0.2) is 71.9 Å². The van der Waals surface area contributed by atoms with Gasteiger partial charge in [0.05, 0.1) is 31.5 Å². The molecule has 0 radical (unpaired) electrons. The van der Waals surface area contributed by atoms with E-state index in [0.717, 1.165) is 99.9 Å². The third-order valence-electron chi connectivity index (χ3n) is 14.9. The Balaban J connectivity index is 1.30. The molecule has 13 heteroatoms. The fourth-order valence-corrected chi connectivity index (χ4v) is 11.2. The van der Waals surface area contributed by atoms with Gasteiger partial charge >= 0.3 is 6.09 Å². The number of carbonyl (C=O) groups excluding carboxylic acids is 1. The van der Waals surface area contributed by atoms with Gasteiger partial charge in [0.1, 0.15) is 30.0 Å². The molecule has 382 valence electrons. The second-order valence-corrected chi connectivity index (χ2v) is 19.9. The number of halogens is 1. The average molecular weight is 960 g/mol. The molecule has 2 N–H and O–H groups in total. The number of rotatable bonds is 31. The molecule has 3 fully saturated rings. The van der Waals surface area contributed by atoms with Crippen LogP contribution in [0.25, 0.3) is 0 Å². The molecular weight excluding hydrogens is 878 g/mol. The number of benzene rings is 2. The average Bonchev–Trinajstić information content (AvgIpc) is 4.20. The van der Waals surface area contributed by atoms with Crippen LogP contribution in [0, 0.1) is 23.6 Å². The monoisotopic (exact) mass is 960 g/mol. The fraction of sp³-hybridized carbons (Fsp3) is 0.679. The van der Waals surface area contributed by atoms with Crippen LogP contribution in [0.4, 0.5) is 9.18 Å². The summed E-state index contributed by atoms with van der Waals surface area (Å²) in [5, 5.41) is 25.0. The first-order valence-electron chi connectivity index (χ1n) is 26.8. The summed E-state index contributed by atoms with van der Waals surface area (Å²) in [7, 11) is 0. The summed E-state index contributed by atoms with van der Waals surface area (Å²) in [6, 6.07) is 11.5. The lowest BCUT2D eigenvalue weighted by atomic mass is 9.55. The van der Waals surface area contributed by atoms with E-state index >= 15 is 4.79 Å². The van der Waals surface area contributed by atoms with Gasteiger partial charge in [-0.25, -0.2) is 9.18 Å². The molecule has 0 aromatic heterocycles. The predicted octanol–water partition coefficient (Wildman–Crippen LogP) is 11.2. The highest BCUT2D eigenvalue weighted by molar-refractivity contribution is 6.03. The van der Waals surface area contributed by atoms with Crippen LogP contribution in [-0.2, 0) is 25.6 Å². The molecule has 3 heterocycles. The summed E-state index contributed by atoms with van der Waals surface area (Å²) in [6.45, 7) is 11.2. The molecule has 7 rings (SSSR count). The lowest BCUT2D eigenvalue weighted by Gasteiger charge is -2.60. The number of carbonyl (C=O) groups is 1. The number of amides is 1. The second-order valence-electron chi connectivity index (χ2n) is 19.9. The van der Waals surface area contributed by atoms with E-state index in [4.69, 9.17) is 33.7 Å². The van der Waals surface area contributed by atoms with Crippen molar-refractivity contribution < 1.29 is 47.9 Å².